The smallest absolute Gasteiger partial charge is 0.254 e. The van der Waals surface area contributed by atoms with Crippen LogP contribution in [0.2, 0.25) is 0 Å². The van der Waals surface area contributed by atoms with Gasteiger partial charge in [-0.1, -0.05) is 25.3 Å². The van der Waals surface area contributed by atoms with Crippen molar-refractivity contribution < 1.29 is 4.79 Å². The van der Waals surface area contributed by atoms with Crippen molar-refractivity contribution in [2.45, 2.75) is 44.7 Å². The fourth-order valence-electron chi connectivity index (χ4n) is 3.78. The van der Waals surface area contributed by atoms with Crippen LogP contribution in [0.1, 0.15) is 48.2 Å². The summed E-state index contributed by atoms with van der Waals surface area (Å²) in [7, 11) is 0. The Morgan fingerprint density at radius 2 is 2.00 bits per heavy atom. The Bertz CT molecular complexity index is 850. The molecule has 1 N–H and O–H groups in total. The molecular weight excluding hydrogens is 310 g/mol. The minimum Gasteiger partial charge on any atom is -0.361 e. The SMILES string of the molecule is O=C(c1ccc2[nH]ccc2c1)N(Cc1ccccn1)C1CCCCC1. The summed E-state index contributed by atoms with van der Waals surface area (Å²) >= 11 is 0. The van der Waals surface area contributed by atoms with Crippen molar-refractivity contribution >= 4 is 16.8 Å². The summed E-state index contributed by atoms with van der Waals surface area (Å²) in [6.45, 7) is 0.579. The van der Waals surface area contributed by atoms with Gasteiger partial charge in [0.15, 0.2) is 0 Å². The lowest BCUT2D eigenvalue weighted by atomic mass is 9.93. The highest BCUT2D eigenvalue weighted by molar-refractivity contribution is 5.98. The van der Waals surface area contributed by atoms with E-state index in [2.05, 4.69) is 9.97 Å². The van der Waals surface area contributed by atoms with Gasteiger partial charge in [0.05, 0.1) is 12.2 Å². The summed E-state index contributed by atoms with van der Waals surface area (Å²) in [4.78, 5) is 23.0. The number of benzene rings is 1. The first kappa shape index (κ1) is 15.9. The highest BCUT2D eigenvalue weighted by Crippen LogP contribution is 2.26. The molecule has 0 aliphatic heterocycles. The fraction of sp³-hybridized carbons (Fsp3) is 0.333. The summed E-state index contributed by atoms with van der Waals surface area (Å²) in [5.41, 5.74) is 2.77. The fourth-order valence-corrected chi connectivity index (χ4v) is 3.78. The van der Waals surface area contributed by atoms with Crippen molar-refractivity contribution in [2.75, 3.05) is 0 Å². The van der Waals surface area contributed by atoms with Crippen molar-refractivity contribution in [1.82, 2.24) is 14.9 Å². The van der Waals surface area contributed by atoms with Gasteiger partial charge in [-0.2, -0.15) is 0 Å². The molecule has 4 rings (SSSR count). The second kappa shape index (κ2) is 7.09. The van der Waals surface area contributed by atoms with E-state index in [9.17, 15) is 4.79 Å². The number of hydrogen-bond donors (Lipinski definition) is 1. The lowest BCUT2D eigenvalue weighted by molar-refractivity contribution is 0.0611. The molecule has 1 aliphatic carbocycles. The molecule has 128 valence electrons. The number of rotatable bonds is 4. The van der Waals surface area contributed by atoms with Crippen LogP contribution in [0.4, 0.5) is 0 Å². The molecular formula is C21H23N3O. The molecule has 0 spiro atoms. The van der Waals surface area contributed by atoms with Crippen LogP contribution in [-0.2, 0) is 6.54 Å². The van der Waals surface area contributed by atoms with Crippen molar-refractivity contribution in [3.63, 3.8) is 0 Å². The first-order valence-corrected chi connectivity index (χ1v) is 9.09. The summed E-state index contributed by atoms with van der Waals surface area (Å²) in [5.74, 6) is 0.112. The van der Waals surface area contributed by atoms with Crippen LogP contribution in [0, 0.1) is 0 Å². The zero-order chi connectivity index (χ0) is 17.1. The van der Waals surface area contributed by atoms with E-state index in [1.165, 1.54) is 19.3 Å². The molecule has 1 saturated carbocycles. The standard InChI is InChI=1S/C21H23N3O/c25-21(17-9-10-20-16(14-17)11-13-23-20)24(19-7-2-1-3-8-19)15-18-6-4-5-12-22-18/h4-6,9-14,19,23H,1-3,7-8,15H2. The average molecular weight is 333 g/mol. The van der Waals surface area contributed by atoms with Crippen LogP contribution in [0.3, 0.4) is 0 Å². The predicted octanol–water partition coefficient (Wildman–Crippen LogP) is 4.54. The largest absolute Gasteiger partial charge is 0.361 e. The Labute approximate surface area is 147 Å². The quantitative estimate of drug-likeness (QED) is 0.762. The molecule has 2 aromatic heterocycles. The molecule has 1 aliphatic rings. The third-order valence-electron chi connectivity index (χ3n) is 5.14. The van der Waals surface area contributed by atoms with Gasteiger partial charge in [0.25, 0.3) is 5.91 Å². The van der Waals surface area contributed by atoms with E-state index in [1.54, 1.807) is 6.20 Å². The summed E-state index contributed by atoms with van der Waals surface area (Å²) in [6, 6.07) is 14.1. The van der Waals surface area contributed by atoms with E-state index >= 15 is 0 Å². The molecule has 2 heterocycles. The maximum atomic E-state index is 13.3. The van der Waals surface area contributed by atoms with Gasteiger partial charge in [-0.25, -0.2) is 0 Å². The second-order valence-corrected chi connectivity index (χ2v) is 6.83. The summed E-state index contributed by atoms with van der Waals surface area (Å²) < 4.78 is 0. The molecule has 0 bridgehead atoms. The molecule has 4 nitrogen and oxygen atoms in total. The van der Waals surface area contributed by atoms with Crippen LogP contribution in [0.15, 0.2) is 54.9 Å². The number of aromatic amines is 1. The summed E-state index contributed by atoms with van der Waals surface area (Å²) in [5, 5.41) is 1.08. The Morgan fingerprint density at radius 3 is 2.80 bits per heavy atom. The van der Waals surface area contributed by atoms with E-state index in [0.717, 1.165) is 35.0 Å². The first-order valence-electron chi connectivity index (χ1n) is 9.09. The van der Waals surface area contributed by atoms with E-state index < -0.39 is 0 Å². The van der Waals surface area contributed by atoms with Crippen molar-refractivity contribution in [3.8, 4) is 0 Å². The average Bonchev–Trinajstić information content (AvgIpc) is 3.15. The molecule has 0 unspecified atom stereocenters. The molecule has 4 heteroatoms. The molecule has 1 amide bonds. The molecule has 0 atom stereocenters. The van der Waals surface area contributed by atoms with E-state index in [0.29, 0.717) is 12.6 Å². The zero-order valence-corrected chi connectivity index (χ0v) is 14.3. The zero-order valence-electron chi connectivity index (χ0n) is 14.3. The number of carbonyl (C=O) groups is 1. The van der Waals surface area contributed by atoms with E-state index in [1.807, 2.05) is 53.6 Å². The van der Waals surface area contributed by atoms with Crippen molar-refractivity contribution in [3.05, 3.63) is 66.1 Å². The number of amides is 1. The minimum absolute atomic E-state index is 0.112. The Kier molecular flexibility index (Phi) is 4.51. The highest BCUT2D eigenvalue weighted by Gasteiger charge is 2.27. The normalized spacial score (nSPS) is 15.4. The van der Waals surface area contributed by atoms with Gasteiger partial charge in [0.1, 0.15) is 0 Å². The maximum Gasteiger partial charge on any atom is 0.254 e. The van der Waals surface area contributed by atoms with Gasteiger partial charge in [-0.3, -0.25) is 9.78 Å². The van der Waals surface area contributed by atoms with Crippen LogP contribution in [-0.4, -0.2) is 26.8 Å². The van der Waals surface area contributed by atoms with Gasteiger partial charge in [0, 0.05) is 34.9 Å². The first-order chi connectivity index (χ1) is 12.3. The lowest BCUT2D eigenvalue weighted by Gasteiger charge is -2.34. The molecule has 25 heavy (non-hydrogen) atoms. The number of nitrogens with zero attached hydrogens (tertiary/aromatic N) is 2. The predicted molar refractivity (Wildman–Crippen MR) is 99.3 cm³/mol. The number of hydrogen-bond acceptors (Lipinski definition) is 2. The number of H-pyrrole nitrogens is 1. The Morgan fingerprint density at radius 1 is 1.12 bits per heavy atom. The number of carbonyl (C=O) groups excluding carboxylic acids is 1. The molecule has 1 aromatic carbocycles. The number of fused-ring (bicyclic) bond motifs is 1. The van der Waals surface area contributed by atoms with Gasteiger partial charge in [-0.05, 0) is 49.2 Å². The van der Waals surface area contributed by atoms with Gasteiger partial charge in [-0.15, -0.1) is 0 Å². The number of nitrogens with one attached hydrogen (secondary N) is 1. The lowest BCUT2D eigenvalue weighted by Crippen LogP contribution is -2.41. The third-order valence-corrected chi connectivity index (χ3v) is 5.14. The van der Waals surface area contributed by atoms with Crippen LogP contribution >= 0.6 is 0 Å². The highest BCUT2D eigenvalue weighted by atomic mass is 16.2. The minimum atomic E-state index is 0.112. The monoisotopic (exact) mass is 333 g/mol. The molecule has 0 radical (unpaired) electrons. The van der Waals surface area contributed by atoms with E-state index in [4.69, 9.17) is 0 Å². The Balaban J connectivity index is 1.64. The van der Waals surface area contributed by atoms with Crippen LogP contribution < -0.4 is 0 Å². The van der Waals surface area contributed by atoms with Gasteiger partial charge < -0.3 is 9.88 Å². The van der Waals surface area contributed by atoms with Crippen molar-refractivity contribution in [2.24, 2.45) is 0 Å². The molecule has 1 fully saturated rings. The third kappa shape index (κ3) is 3.43. The molecule has 3 aromatic rings. The Hall–Kier alpha value is -2.62. The summed E-state index contributed by atoms with van der Waals surface area (Å²) in [6.07, 6.45) is 9.56. The van der Waals surface area contributed by atoms with Gasteiger partial charge >= 0.3 is 0 Å². The van der Waals surface area contributed by atoms with Crippen molar-refractivity contribution in [1.29, 1.82) is 0 Å². The number of aromatic nitrogens is 2. The van der Waals surface area contributed by atoms with Crippen LogP contribution in [0.5, 0.6) is 0 Å². The van der Waals surface area contributed by atoms with E-state index in [-0.39, 0.29) is 5.91 Å². The van der Waals surface area contributed by atoms with Gasteiger partial charge in [0.2, 0.25) is 0 Å². The number of pyridine rings is 1. The van der Waals surface area contributed by atoms with Crippen LogP contribution in [0.25, 0.3) is 10.9 Å². The second-order valence-electron chi connectivity index (χ2n) is 6.83. The maximum absolute atomic E-state index is 13.3. The topological polar surface area (TPSA) is 49.0 Å². The molecule has 0 saturated heterocycles.